The lowest BCUT2D eigenvalue weighted by Gasteiger charge is -2.42. The van der Waals surface area contributed by atoms with E-state index in [0.717, 1.165) is 76.8 Å². The fourth-order valence-electron chi connectivity index (χ4n) is 4.83. The zero-order chi connectivity index (χ0) is 20.2. The second-order valence-corrected chi connectivity index (χ2v) is 9.00. The zero-order valence-corrected chi connectivity index (χ0v) is 17.6. The predicted molar refractivity (Wildman–Crippen MR) is 112 cm³/mol. The molecule has 4 rings (SSSR count). The minimum Gasteiger partial charge on any atom is -0.345 e. The van der Waals surface area contributed by atoms with Gasteiger partial charge in [-0.3, -0.25) is 19.5 Å². The van der Waals surface area contributed by atoms with Crippen LogP contribution in [0.15, 0.2) is 24.4 Å². The van der Waals surface area contributed by atoms with Crippen LogP contribution in [-0.2, 0) is 16.0 Å². The molecule has 0 radical (unpaired) electrons. The molecule has 0 spiro atoms. The molecule has 1 aromatic heterocycles. The fourth-order valence-corrected chi connectivity index (χ4v) is 4.83. The summed E-state index contributed by atoms with van der Waals surface area (Å²) in [6.07, 6.45) is 8.95. The molecule has 2 saturated heterocycles. The van der Waals surface area contributed by atoms with Gasteiger partial charge in [-0.2, -0.15) is 0 Å². The molecule has 3 heterocycles. The van der Waals surface area contributed by atoms with Crippen LogP contribution in [0.1, 0.15) is 44.2 Å². The number of hydrogen-bond donors (Lipinski definition) is 0. The van der Waals surface area contributed by atoms with Crippen molar-refractivity contribution in [3.05, 3.63) is 30.1 Å². The van der Waals surface area contributed by atoms with Crippen LogP contribution in [0.5, 0.6) is 0 Å². The molecule has 1 saturated carbocycles. The highest BCUT2D eigenvalue weighted by Gasteiger charge is 2.37. The topological polar surface area (TPSA) is 56.8 Å². The number of carbonyl (C=O) groups is 2. The van der Waals surface area contributed by atoms with E-state index >= 15 is 0 Å². The number of likely N-dealkylation sites (tertiary alicyclic amines) is 2. The van der Waals surface area contributed by atoms with Gasteiger partial charge in [-0.25, -0.2) is 0 Å². The van der Waals surface area contributed by atoms with Gasteiger partial charge in [0.2, 0.25) is 11.8 Å². The van der Waals surface area contributed by atoms with Crippen LogP contribution in [0.2, 0.25) is 0 Å². The van der Waals surface area contributed by atoms with Crippen molar-refractivity contribution in [3.8, 4) is 0 Å². The fraction of sp³-hybridized carbons (Fsp3) is 0.696. The number of hydrogen-bond acceptors (Lipinski definition) is 4. The second kappa shape index (κ2) is 9.24. The van der Waals surface area contributed by atoms with Crippen LogP contribution in [0.4, 0.5) is 0 Å². The number of rotatable bonds is 6. The number of piperidine rings is 2. The van der Waals surface area contributed by atoms with Crippen molar-refractivity contribution in [3.63, 3.8) is 0 Å². The molecule has 6 nitrogen and oxygen atoms in total. The number of amides is 2. The molecule has 0 aromatic carbocycles. The molecule has 1 atom stereocenters. The number of likely N-dealkylation sites (N-methyl/N-ethyl adjacent to an activating group) is 1. The van der Waals surface area contributed by atoms with Crippen molar-refractivity contribution in [2.45, 2.75) is 51.0 Å². The van der Waals surface area contributed by atoms with Gasteiger partial charge in [-0.05, 0) is 57.2 Å². The van der Waals surface area contributed by atoms with E-state index in [1.165, 1.54) is 0 Å². The maximum absolute atomic E-state index is 13.0. The Hall–Kier alpha value is -1.95. The van der Waals surface area contributed by atoms with E-state index in [0.29, 0.717) is 24.4 Å². The van der Waals surface area contributed by atoms with Gasteiger partial charge in [0.25, 0.3) is 0 Å². The maximum atomic E-state index is 13.0. The molecule has 0 N–H and O–H groups in total. The summed E-state index contributed by atoms with van der Waals surface area (Å²) in [4.78, 5) is 36.1. The Morgan fingerprint density at radius 3 is 2.55 bits per heavy atom. The Bertz CT molecular complexity index is 698. The molecule has 1 unspecified atom stereocenters. The van der Waals surface area contributed by atoms with E-state index < -0.39 is 0 Å². The van der Waals surface area contributed by atoms with Crippen molar-refractivity contribution in [1.82, 2.24) is 19.7 Å². The third-order valence-electron chi connectivity index (χ3n) is 6.83. The van der Waals surface area contributed by atoms with Crippen LogP contribution < -0.4 is 0 Å². The van der Waals surface area contributed by atoms with Crippen molar-refractivity contribution in [2.24, 2.45) is 11.8 Å². The summed E-state index contributed by atoms with van der Waals surface area (Å²) in [7, 11) is 1.92. The van der Waals surface area contributed by atoms with Crippen LogP contribution in [0.3, 0.4) is 0 Å². The van der Waals surface area contributed by atoms with Gasteiger partial charge in [0.05, 0.1) is 5.92 Å². The molecule has 1 aromatic rings. The molecule has 29 heavy (non-hydrogen) atoms. The van der Waals surface area contributed by atoms with E-state index in [9.17, 15) is 9.59 Å². The van der Waals surface area contributed by atoms with E-state index in [-0.39, 0.29) is 11.8 Å². The van der Waals surface area contributed by atoms with E-state index in [1.54, 1.807) is 6.20 Å². The summed E-state index contributed by atoms with van der Waals surface area (Å²) in [5.41, 5.74) is 1.03. The second-order valence-electron chi connectivity index (χ2n) is 9.00. The Balaban J connectivity index is 1.24. The minimum atomic E-state index is 0.101. The largest absolute Gasteiger partial charge is 0.345 e. The van der Waals surface area contributed by atoms with E-state index in [2.05, 4.69) is 14.8 Å². The van der Waals surface area contributed by atoms with E-state index in [4.69, 9.17) is 0 Å². The highest BCUT2D eigenvalue weighted by atomic mass is 16.2. The van der Waals surface area contributed by atoms with Crippen molar-refractivity contribution >= 4 is 11.8 Å². The maximum Gasteiger partial charge on any atom is 0.226 e. The Morgan fingerprint density at radius 1 is 1.07 bits per heavy atom. The first-order valence-corrected chi connectivity index (χ1v) is 11.3. The lowest BCUT2D eigenvalue weighted by atomic mass is 9.92. The predicted octanol–water partition coefficient (Wildman–Crippen LogP) is 2.20. The SMILES string of the molecule is CN(CCc1ccccn1)C(=O)C1CCCN(C2CCN(C(=O)C3CC3)CC2)C1. The van der Waals surface area contributed by atoms with Gasteiger partial charge in [-0.1, -0.05) is 6.07 Å². The highest BCUT2D eigenvalue weighted by molar-refractivity contribution is 5.81. The molecule has 6 heteroatoms. The first-order valence-electron chi connectivity index (χ1n) is 11.3. The Morgan fingerprint density at radius 2 is 1.86 bits per heavy atom. The zero-order valence-electron chi connectivity index (χ0n) is 17.6. The average Bonchev–Trinajstić information content (AvgIpc) is 3.63. The molecular formula is C23H34N4O2. The number of aromatic nitrogens is 1. The average molecular weight is 399 g/mol. The Labute approximate surface area is 174 Å². The van der Waals surface area contributed by atoms with Gasteiger partial charge in [0.15, 0.2) is 0 Å². The van der Waals surface area contributed by atoms with Gasteiger partial charge >= 0.3 is 0 Å². The first-order chi connectivity index (χ1) is 14.1. The summed E-state index contributed by atoms with van der Waals surface area (Å²) < 4.78 is 0. The summed E-state index contributed by atoms with van der Waals surface area (Å²) in [6.45, 7) is 4.45. The van der Waals surface area contributed by atoms with Crippen molar-refractivity contribution in [1.29, 1.82) is 0 Å². The third kappa shape index (κ3) is 5.16. The standard InChI is InChI=1S/C23H34N4O2/c1-25(14-9-20-6-2-3-12-24-20)22(28)19-5-4-13-27(17-19)21-10-15-26(16-11-21)23(29)18-7-8-18/h2-3,6,12,18-19,21H,4-5,7-11,13-17H2,1H3. The lowest BCUT2D eigenvalue weighted by Crippen LogP contribution is -2.52. The molecule has 1 aliphatic carbocycles. The minimum absolute atomic E-state index is 0.101. The molecule has 2 amide bonds. The lowest BCUT2D eigenvalue weighted by molar-refractivity contribution is -0.136. The molecule has 3 fully saturated rings. The van der Waals surface area contributed by atoms with E-state index in [1.807, 2.05) is 30.1 Å². The number of pyridine rings is 1. The smallest absolute Gasteiger partial charge is 0.226 e. The number of nitrogens with zero attached hydrogens (tertiary/aromatic N) is 4. The van der Waals surface area contributed by atoms with Crippen LogP contribution in [0.25, 0.3) is 0 Å². The molecule has 0 bridgehead atoms. The Kier molecular flexibility index (Phi) is 6.48. The molecule has 2 aliphatic heterocycles. The van der Waals surface area contributed by atoms with Gasteiger partial charge in [-0.15, -0.1) is 0 Å². The number of carbonyl (C=O) groups excluding carboxylic acids is 2. The van der Waals surface area contributed by atoms with Gasteiger partial charge < -0.3 is 9.80 Å². The van der Waals surface area contributed by atoms with Crippen LogP contribution >= 0.6 is 0 Å². The third-order valence-corrected chi connectivity index (χ3v) is 6.83. The summed E-state index contributed by atoms with van der Waals surface area (Å²) in [6, 6.07) is 6.45. The normalized spacial score (nSPS) is 23.8. The van der Waals surface area contributed by atoms with Crippen molar-refractivity contribution in [2.75, 3.05) is 39.8 Å². The van der Waals surface area contributed by atoms with Gasteiger partial charge in [0, 0.05) is 63.5 Å². The monoisotopic (exact) mass is 398 g/mol. The molecule has 3 aliphatic rings. The highest BCUT2D eigenvalue weighted by Crippen LogP contribution is 2.32. The summed E-state index contributed by atoms with van der Waals surface area (Å²) in [5, 5.41) is 0. The van der Waals surface area contributed by atoms with Gasteiger partial charge in [0.1, 0.15) is 0 Å². The quantitative estimate of drug-likeness (QED) is 0.737. The summed E-state index contributed by atoms with van der Waals surface area (Å²) >= 11 is 0. The van der Waals surface area contributed by atoms with Crippen molar-refractivity contribution < 1.29 is 9.59 Å². The first kappa shape index (κ1) is 20.3. The van der Waals surface area contributed by atoms with Crippen LogP contribution in [-0.4, -0.2) is 77.3 Å². The van der Waals surface area contributed by atoms with Crippen LogP contribution in [0, 0.1) is 11.8 Å². The molecular weight excluding hydrogens is 364 g/mol. The molecule has 158 valence electrons. The summed E-state index contributed by atoms with van der Waals surface area (Å²) in [5.74, 6) is 1.07.